The Morgan fingerprint density at radius 3 is 2.69 bits per heavy atom. The maximum absolute atomic E-state index is 12.8. The summed E-state index contributed by atoms with van der Waals surface area (Å²) in [5.41, 5.74) is 5.90. The monoisotopic (exact) mass is 243 g/mol. The number of hydrogen-bond acceptors (Lipinski definition) is 2. The molecule has 0 saturated carbocycles. The summed E-state index contributed by atoms with van der Waals surface area (Å²) >= 11 is 0. The van der Waals surface area contributed by atoms with Crippen molar-refractivity contribution in [2.24, 2.45) is 5.92 Å². The molecule has 0 heterocycles. The standard InChI is InChI=1S/C12H18FNOS/c1-9(2)4-3-7-16(15)12-6-5-10(13)8-11(12)14/h5-6,8-9H,3-4,7,14H2,1-2H3. The highest BCUT2D eigenvalue weighted by Gasteiger charge is 2.08. The van der Waals surface area contributed by atoms with Gasteiger partial charge in [-0.25, -0.2) is 4.39 Å². The molecule has 1 rings (SSSR count). The Morgan fingerprint density at radius 2 is 2.12 bits per heavy atom. The fourth-order valence-electron chi connectivity index (χ4n) is 1.46. The van der Waals surface area contributed by atoms with Crippen LogP contribution in [0.4, 0.5) is 10.1 Å². The number of nitrogens with two attached hydrogens (primary N) is 1. The molecular formula is C12H18FNOS. The summed E-state index contributed by atoms with van der Waals surface area (Å²) in [7, 11) is -1.11. The van der Waals surface area contributed by atoms with Gasteiger partial charge in [-0.15, -0.1) is 0 Å². The van der Waals surface area contributed by atoms with Crippen molar-refractivity contribution < 1.29 is 8.60 Å². The average molecular weight is 243 g/mol. The van der Waals surface area contributed by atoms with Crippen molar-refractivity contribution in [3.8, 4) is 0 Å². The minimum absolute atomic E-state index is 0.280. The Balaban J connectivity index is 2.59. The fourth-order valence-corrected chi connectivity index (χ4v) is 2.65. The molecule has 0 fully saturated rings. The summed E-state index contributed by atoms with van der Waals surface area (Å²) in [4.78, 5) is 0.546. The molecule has 2 N–H and O–H groups in total. The topological polar surface area (TPSA) is 43.1 Å². The van der Waals surface area contributed by atoms with Gasteiger partial charge in [0.15, 0.2) is 0 Å². The highest BCUT2D eigenvalue weighted by Crippen LogP contribution is 2.19. The minimum Gasteiger partial charge on any atom is -0.398 e. The molecule has 90 valence electrons. The third-order valence-electron chi connectivity index (χ3n) is 2.33. The molecule has 1 atom stereocenters. The lowest BCUT2D eigenvalue weighted by molar-refractivity contribution is 0.575. The van der Waals surface area contributed by atoms with Gasteiger partial charge in [-0.05, 0) is 30.5 Å². The molecule has 0 aliphatic rings. The van der Waals surface area contributed by atoms with E-state index in [1.54, 1.807) is 0 Å². The molecule has 16 heavy (non-hydrogen) atoms. The Morgan fingerprint density at radius 1 is 1.44 bits per heavy atom. The van der Waals surface area contributed by atoms with Crippen molar-refractivity contribution in [2.45, 2.75) is 31.6 Å². The maximum atomic E-state index is 12.8. The van der Waals surface area contributed by atoms with E-state index in [2.05, 4.69) is 13.8 Å². The van der Waals surface area contributed by atoms with Crippen LogP contribution in [0.15, 0.2) is 23.1 Å². The minimum atomic E-state index is -1.11. The van der Waals surface area contributed by atoms with Gasteiger partial charge in [0.25, 0.3) is 0 Å². The molecule has 0 aliphatic carbocycles. The Bertz CT molecular complexity index is 379. The fraction of sp³-hybridized carbons (Fsp3) is 0.500. The molecule has 0 radical (unpaired) electrons. The second-order valence-corrected chi connectivity index (χ2v) is 5.81. The second kappa shape index (κ2) is 5.99. The van der Waals surface area contributed by atoms with Crippen LogP contribution in [0.1, 0.15) is 26.7 Å². The number of halogens is 1. The first kappa shape index (κ1) is 13.2. The normalized spacial score (nSPS) is 13.0. The first-order valence-electron chi connectivity index (χ1n) is 5.44. The van der Waals surface area contributed by atoms with Gasteiger partial charge in [-0.3, -0.25) is 4.21 Å². The van der Waals surface area contributed by atoms with Gasteiger partial charge in [-0.2, -0.15) is 0 Å². The number of anilines is 1. The van der Waals surface area contributed by atoms with Crippen molar-refractivity contribution in [1.29, 1.82) is 0 Å². The van der Waals surface area contributed by atoms with Crippen molar-refractivity contribution in [1.82, 2.24) is 0 Å². The molecule has 0 amide bonds. The van der Waals surface area contributed by atoms with Crippen molar-refractivity contribution in [3.05, 3.63) is 24.0 Å². The molecular weight excluding hydrogens is 225 g/mol. The predicted molar refractivity (Wildman–Crippen MR) is 66.2 cm³/mol. The van der Waals surface area contributed by atoms with E-state index in [-0.39, 0.29) is 11.5 Å². The van der Waals surface area contributed by atoms with E-state index in [4.69, 9.17) is 5.73 Å². The molecule has 0 spiro atoms. The summed E-state index contributed by atoms with van der Waals surface area (Å²) < 4.78 is 24.7. The lowest BCUT2D eigenvalue weighted by atomic mass is 10.1. The molecule has 2 nitrogen and oxygen atoms in total. The van der Waals surface area contributed by atoms with Gasteiger partial charge in [0.2, 0.25) is 0 Å². The first-order chi connectivity index (χ1) is 7.50. The van der Waals surface area contributed by atoms with Crippen LogP contribution in [-0.2, 0) is 10.8 Å². The van der Waals surface area contributed by atoms with Gasteiger partial charge < -0.3 is 5.73 Å². The van der Waals surface area contributed by atoms with Crippen LogP contribution in [0.25, 0.3) is 0 Å². The summed E-state index contributed by atoms with van der Waals surface area (Å²) in [6.45, 7) is 4.27. The van der Waals surface area contributed by atoms with Crippen LogP contribution in [0.5, 0.6) is 0 Å². The zero-order valence-corrected chi connectivity index (χ0v) is 10.5. The summed E-state index contributed by atoms with van der Waals surface area (Å²) in [6, 6.07) is 4.03. The number of rotatable bonds is 5. The predicted octanol–water partition coefficient (Wildman–Crippen LogP) is 2.95. The third-order valence-corrected chi connectivity index (χ3v) is 3.85. The van der Waals surface area contributed by atoms with E-state index in [0.717, 1.165) is 12.8 Å². The van der Waals surface area contributed by atoms with Gasteiger partial charge in [-0.1, -0.05) is 20.3 Å². The summed E-state index contributed by atoms with van der Waals surface area (Å²) in [6.07, 6.45) is 1.95. The number of benzene rings is 1. The first-order valence-corrected chi connectivity index (χ1v) is 6.76. The molecule has 0 saturated heterocycles. The van der Waals surface area contributed by atoms with Gasteiger partial charge in [0, 0.05) is 5.75 Å². The van der Waals surface area contributed by atoms with E-state index in [9.17, 15) is 8.60 Å². The van der Waals surface area contributed by atoms with E-state index in [1.807, 2.05) is 0 Å². The molecule has 0 bridgehead atoms. The van der Waals surface area contributed by atoms with Crippen LogP contribution in [-0.4, -0.2) is 9.96 Å². The molecule has 1 aromatic rings. The summed E-state index contributed by atoms with van der Waals surface area (Å²) in [5.74, 6) is 0.816. The van der Waals surface area contributed by atoms with E-state index in [0.29, 0.717) is 16.6 Å². The zero-order chi connectivity index (χ0) is 12.1. The van der Waals surface area contributed by atoms with Crippen molar-refractivity contribution in [3.63, 3.8) is 0 Å². The highest BCUT2D eigenvalue weighted by molar-refractivity contribution is 7.85. The van der Waals surface area contributed by atoms with Gasteiger partial charge in [0.1, 0.15) is 5.82 Å². The van der Waals surface area contributed by atoms with Crippen LogP contribution in [0.2, 0.25) is 0 Å². The Kier molecular flexibility index (Phi) is 4.93. The molecule has 0 aromatic heterocycles. The highest BCUT2D eigenvalue weighted by atomic mass is 32.2. The molecule has 0 aliphatic heterocycles. The van der Waals surface area contributed by atoms with Gasteiger partial charge >= 0.3 is 0 Å². The van der Waals surface area contributed by atoms with Crippen LogP contribution in [0, 0.1) is 11.7 Å². The summed E-state index contributed by atoms with van der Waals surface area (Å²) in [5, 5.41) is 0. The lowest BCUT2D eigenvalue weighted by Crippen LogP contribution is -2.03. The van der Waals surface area contributed by atoms with Crippen LogP contribution in [0.3, 0.4) is 0 Å². The number of nitrogen functional groups attached to an aromatic ring is 1. The van der Waals surface area contributed by atoms with Crippen molar-refractivity contribution >= 4 is 16.5 Å². The van der Waals surface area contributed by atoms with Crippen LogP contribution >= 0.6 is 0 Å². The van der Waals surface area contributed by atoms with Crippen molar-refractivity contribution in [2.75, 3.05) is 11.5 Å². The molecule has 1 unspecified atom stereocenters. The smallest absolute Gasteiger partial charge is 0.125 e. The maximum Gasteiger partial charge on any atom is 0.125 e. The quantitative estimate of drug-likeness (QED) is 0.808. The average Bonchev–Trinajstić information content (AvgIpc) is 2.16. The Labute approximate surface area is 98.5 Å². The SMILES string of the molecule is CC(C)CCCS(=O)c1ccc(F)cc1N. The molecule has 1 aromatic carbocycles. The zero-order valence-electron chi connectivity index (χ0n) is 9.70. The third kappa shape index (κ3) is 3.93. The largest absolute Gasteiger partial charge is 0.398 e. The van der Waals surface area contributed by atoms with E-state index >= 15 is 0 Å². The second-order valence-electron chi connectivity index (χ2n) is 4.27. The molecule has 4 heteroatoms. The van der Waals surface area contributed by atoms with E-state index < -0.39 is 10.8 Å². The van der Waals surface area contributed by atoms with Crippen LogP contribution < -0.4 is 5.73 Å². The van der Waals surface area contributed by atoms with E-state index in [1.165, 1.54) is 18.2 Å². The Hall–Kier alpha value is -0.900. The number of hydrogen-bond donors (Lipinski definition) is 1. The lowest BCUT2D eigenvalue weighted by Gasteiger charge is -2.07. The van der Waals surface area contributed by atoms with Gasteiger partial charge in [0.05, 0.1) is 21.4 Å².